The van der Waals surface area contributed by atoms with Crippen LogP contribution in [-0.2, 0) is 11.2 Å². The van der Waals surface area contributed by atoms with Gasteiger partial charge in [-0.05, 0) is 17.7 Å². The fraction of sp³-hybridized carbons (Fsp3) is 0.333. The van der Waals surface area contributed by atoms with E-state index in [-0.39, 0.29) is 5.91 Å². The maximum absolute atomic E-state index is 11.6. The second-order valence-electron chi connectivity index (χ2n) is 3.69. The van der Waals surface area contributed by atoms with Gasteiger partial charge in [0.1, 0.15) is 5.75 Å². The molecule has 0 bridgehead atoms. The third kappa shape index (κ3) is 1.84. The summed E-state index contributed by atoms with van der Waals surface area (Å²) in [5.74, 6) is 0.739. The summed E-state index contributed by atoms with van der Waals surface area (Å²) < 4.78 is 5.48. The molecule has 1 aromatic rings. The highest BCUT2D eigenvalue weighted by atomic mass is 16.5. The third-order valence-electron chi connectivity index (χ3n) is 2.62. The zero-order chi connectivity index (χ0) is 11.5. The lowest BCUT2D eigenvalue weighted by Crippen LogP contribution is -2.25. The van der Waals surface area contributed by atoms with E-state index in [1.807, 2.05) is 18.2 Å². The van der Waals surface area contributed by atoms with Gasteiger partial charge in [-0.15, -0.1) is 0 Å². The highest BCUT2D eigenvalue weighted by Crippen LogP contribution is 2.31. The average molecular weight is 216 g/mol. The molecule has 0 aromatic heterocycles. The molecule has 4 heteroatoms. The molecular formula is C12H12N2O2. The van der Waals surface area contributed by atoms with Crippen molar-refractivity contribution < 1.29 is 9.53 Å². The fourth-order valence-electron chi connectivity index (χ4n) is 1.70. The van der Waals surface area contributed by atoms with Crippen molar-refractivity contribution in [3.63, 3.8) is 0 Å². The maximum atomic E-state index is 11.6. The zero-order valence-corrected chi connectivity index (χ0v) is 9.06. The first-order chi connectivity index (χ1) is 7.72. The van der Waals surface area contributed by atoms with E-state index in [2.05, 4.69) is 6.07 Å². The van der Waals surface area contributed by atoms with Gasteiger partial charge >= 0.3 is 0 Å². The van der Waals surface area contributed by atoms with Crippen LogP contribution < -0.4 is 9.64 Å². The summed E-state index contributed by atoms with van der Waals surface area (Å²) in [6.45, 7) is 0.410. The van der Waals surface area contributed by atoms with Gasteiger partial charge in [-0.25, -0.2) is 0 Å². The van der Waals surface area contributed by atoms with Crippen LogP contribution in [0.25, 0.3) is 0 Å². The Morgan fingerprint density at radius 2 is 2.38 bits per heavy atom. The Morgan fingerprint density at radius 1 is 1.56 bits per heavy atom. The SMILES string of the molecule is CN1C(=O)CCOc2ccc(CC#N)cc21. The number of fused-ring (bicyclic) bond motifs is 1. The van der Waals surface area contributed by atoms with Gasteiger partial charge in [-0.1, -0.05) is 6.07 Å². The highest BCUT2D eigenvalue weighted by Gasteiger charge is 2.19. The number of anilines is 1. The maximum Gasteiger partial charge on any atom is 0.230 e. The van der Waals surface area contributed by atoms with Crippen LogP contribution in [-0.4, -0.2) is 19.6 Å². The van der Waals surface area contributed by atoms with E-state index in [0.29, 0.717) is 25.2 Å². The van der Waals surface area contributed by atoms with Crippen LogP contribution in [0.15, 0.2) is 18.2 Å². The molecular weight excluding hydrogens is 204 g/mol. The largest absolute Gasteiger partial charge is 0.491 e. The summed E-state index contributed by atoms with van der Waals surface area (Å²) in [5, 5.41) is 8.64. The Labute approximate surface area is 94.0 Å². The summed E-state index contributed by atoms with van der Waals surface area (Å²) in [6, 6.07) is 7.59. The van der Waals surface area contributed by atoms with E-state index < -0.39 is 0 Å². The predicted molar refractivity (Wildman–Crippen MR) is 59.3 cm³/mol. The minimum Gasteiger partial charge on any atom is -0.491 e. The van der Waals surface area contributed by atoms with Crippen LogP contribution >= 0.6 is 0 Å². The van der Waals surface area contributed by atoms with Crippen molar-refractivity contribution in [3.05, 3.63) is 23.8 Å². The molecule has 0 atom stereocenters. The molecule has 16 heavy (non-hydrogen) atoms. The summed E-state index contributed by atoms with van der Waals surface area (Å²) >= 11 is 0. The number of hydrogen-bond donors (Lipinski definition) is 0. The van der Waals surface area contributed by atoms with E-state index in [1.165, 1.54) is 0 Å². The number of amides is 1. The van der Waals surface area contributed by atoms with Crippen molar-refractivity contribution in [2.45, 2.75) is 12.8 Å². The number of rotatable bonds is 1. The van der Waals surface area contributed by atoms with Gasteiger partial charge in [0.15, 0.2) is 0 Å². The van der Waals surface area contributed by atoms with Crippen LogP contribution in [0.1, 0.15) is 12.0 Å². The highest BCUT2D eigenvalue weighted by molar-refractivity contribution is 5.95. The number of nitriles is 1. The van der Waals surface area contributed by atoms with Crippen molar-refractivity contribution in [1.82, 2.24) is 0 Å². The number of nitrogens with zero attached hydrogens (tertiary/aromatic N) is 2. The first kappa shape index (κ1) is 10.5. The molecule has 0 aliphatic carbocycles. The molecule has 0 saturated heterocycles. The summed E-state index contributed by atoms with van der Waals surface area (Å²) in [5.41, 5.74) is 1.64. The Bertz CT molecular complexity index is 463. The van der Waals surface area contributed by atoms with E-state index >= 15 is 0 Å². The molecule has 1 aliphatic rings. The van der Waals surface area contributed by atoms with E-state index in [0.717, 1.165) is 11.3 Å². The topological polar surface area (TPSA) is 53.3 Å². The lowest BCUT2D eigenvalue weighted by molar-refractivity contribution is -0.118. The average Bonchev–Trinajstić information content (AvgIpc) is 2.42. The number of carbonyl (C=O) groups is 1. The van der Waals surface area contributed by atoms with Crippen LogP contribution in [0.5, 0.6) is 5.75 Å². The Balaban J connectivity index is 2.42. The number of benzene rings is 1. The molecule has 0 unspecified atom stereocenters. The van der Waals surface area contributed by atoms with Crippen molar-refractivity contribution in [1.29, 1.82) is 5.26 Å². The lowest BCUT2D eigenvalue weighted by atomic mass is 10.1. The molecule has 0 fully saturated rings. The molecule has 1 aliphatic heterocycles. The second-order valence-corrected chi connectivity index (χ2v) is 3.69. The van der Waals surface area contributed by atoms with Gasteiger partial charge in [-0.2, -0.15) is 5.26 Å². The molecule has 1 aromatic carbocycles. The van der Waals surface area contributed by atoms with Gasteiger partial charge in [0.25, 0.3) is 0 Å². The minimum absolute atomic E-state index is 0.0351. The molecule has 2 rings (SSSR count). The first-order valence-electron chi connectivity index (χ1n) is 5.11. The van der Waals surface area contributed by atoms with Crippen molar-refractivity contribution in [2.75, 3.05) is 18.6 Å². The summed E-state index contributed by atoms with van der Waals surface area (Å²) in [7, 11) is 1.73. The molecule has 1 amide bonds. The van der Waals surface area contributed by atoms with Crippen LogP contribution in [0.2, 0.25) is 0 Å². The molecule has 0 radical (unpaired) electrons. The van der Waals surface area contributed by atoms with Gasteiger partial charge in [0.2, 0.25) is 5.91 Å². The zero-order valence-electron chi connectivity index (χ0n) is 9.06. The molecule has 1 heterocycles. The molecule has 0 spiro atoms. The monoisotopic (exact) mass is 216 g/mol. The van der Waals surface area contributed by atoms with Crippen molar-refractivity contribution in [2.24, 2.45) is 0 Å². The van der Waals surface area contributed by atoms with Crippen LogP contribution in [0.3, 0.4) is 0 Å². The normalized spacial score (nSPS) is 14.8. The first-order valence-corrected chi connectivity index (χ1v) is 5.11. The third-order valence-corrected chi connectivity index (χ3v) is 2.62. The van der Waals surface area contributed by atoms with Gasteiger partial charge in [0, 0.05) is 7.05 Å². The van der Waals surface area contributed by atoms with Gasteiger partial charge in [-0.3, -0.25) is 4.79 Å². The summed E-state index contributed by atoms with van der Waals surface area (Å²) in [4.78, 5) is 13.2. The van der Waals surface area contributed by atoms with Gasteiger partial charge < -0.3 is 9.64 Å². The smallest absolute Gasteiger partial charge is 0.230 e. The van der Waals surface area contributed by atoms with Crippen molar-refractivity contribution >= 4 is 11.6 Å². The Morgan fingerprint density at radius 3 is 3.12 bits per heavy atom. The molecule has 4 nitrogen and oxygen atoms in total. The Hall–Kier alpha value is -2.02. The molecule has 82 valence electrons. The molecule has 0 saturated carbocycles. The van der Waals surface area contributed by atoms with Crippen LogP contribution in [0.4, 0.5) is 5.69 Å². The number of hydrogen-bond acceptors (Lipinski definition) is 3. The quantitative estimate of drug-likeness (QED) is 0.714. The van der Waals surface area contributed by atoms with E-state index in [9.17, 15) is 4.79 Å². The van der Waals surface area contributed by atoms with Crippen LogP contribution in [0, 0.1) is 11.3 Å². The fourth-order valence-corrected chi connectivity index (χ4v) is 1.70. The van der Waals surface area contributed by atoms with E-state index in [1.54, 1.807) is 11.9 Å². The minimum atomic E-state index is 0.0351. The van der Waals surface area contributed by atoms with E-state index in [4.69, 9.17) is 10.00 Å². The predicted octanol–water partition coefficient (Wildman–Crippen LogP) is 1.50. The number of carbonyl (C=O) groups excluding carboxylic acids is 1. The molecule has 0 N–H and O–H groups in total. The van der Waals surface area contributed by atoms with Crippen molar-refractivity contribution in [3.8, 4) is 11.8 Å². The standard InChI is InChI=1S/C12H12N2O2/c1-14-10-8-9(4-6-13)2-3-11(10)16-7-5-12(14)15/h2-3,8H,4-5,7H2,1H3. The second kappa shape index (κ2) is 4.23. The number of ether oxygens (including phenoxy) is 1. The summed E-state index contributed by atoms with van der Waals surface area (Å²) in [6.07, 6.45) is 0.730. The lowest BCUT2D eigenvalue weighted by Gasteiger charge is -2.16. The Kier molecular flexibility index (Phi) is 2.78. The van der Waals surface area contributed by atoms with Gasteiger partial charge in [0.05, 0.1) is 31.2 Å².